The van der Waals surface area contributed by atoms with Crippen molar-refractivity contribution in [3.05, 3.63) is 58.6 Å². The summed E-state index contributed by atoms with van der Waals surface area (Å²) in [6.45, 7) is 0.215. The van der Waals surface area contributed by atoms with Crippen LogP contribution in [-0.4, -0.2) is 20.1 Å². The fraction of sp³-hybridized carbons (Fsp3) is 0.200. The first kappa shape index (κ1) is 14.4. The molecule has 0 saturated heterocycles. The molecule has 0 spiro atoms. The molecule has 6 heteroatoms. The van der Waals surface area contributed by atoms with Crippen LogP contribution in [0, 0.1) is 0 Å². The van der Waals surface area contributed by atoms with E-state index in [0.717, 1.165) is 11.3 Å². The molecule has 1 aliphatic heterocycles. The summed E-state index contributed by atoms with van der Waals surface area (Å²) in [4.78, 5) is 0.140. The highest BCUT2D eigenvalue weighted by Crippen LogP contribution is 2.33. The zero-order chi connectivity index (χ0) is 15.0. The number of sulfonamides is 1. The number of para-hydroxylation sites is 1. The summed E-state index contributed by atoms with van der Waals surface area (Å²) in [7, 11) is -3.63. The van der Waals surface area contributed by atoms with Crippen LogP contribution < -0.4 is 4.31 Å². The standard InChI is InChI=1S/C15H14ClNO3S/c16-14-9-13(6-5-12(14)10-18)21(19,20)17-8-7-11-3-1-2-4-15(11)17/h1-6,9,18H,7-8,10H2. The van der Waals surface area contributed by atoms with Gasteiger partial charge in [-0.25, -0.2) is 8.42 Å². The van der Waals surface area contributed by atoms with E-state index < -0.39 is 10.0 Å². The number of benzene rings is 2. The molecular weight excluding hydrogens is 310 g/mol. The summed E-state index contributed by atoms with van der Waals surface area (Å²) in [6.07, 6.45) is 0.706. The van der Waals surface area contributed by atoms with Gasteiger partial charge in [0, 0.05) is 11.6 Å². The molecule has 0 bridgehead atoms. The van der Waals surface area contributed by atoms with Crippen molar-refractivity contribution in [3.8, 4) is 0 Å². The highest BCUT2D eigenvalue weighted by molar-refractivity contribution is 7.92. The van der Waals surface area contributed by atoms with Gasteiger partial charge in [0.25, 0.3) is 10.0 Å². The lowest BCUT2D eigenvalue weighted by Gasteiger charge is -2.20. The van der Waals surface area contributed by atoms with Crippen LogP contribution in [0.15, 0.2) is 47.4 Å². The van der Waals surface area contributed by atoms with Crippen LogP contribution in [0.1, 0.15) is 11.1 Å². The van der Waals surface area contributed by atoms with Crippen LogP contribution >= 0.6 is 11.6 Å². The number of fused-ring (bicyclic) bond motifs is 1. The topological polar surface area (TPSA) is 57.6 Å². The predicted octanol–water partition coefficient (Wildman–Crippen LogP) is 2.58. The van der Waals surface area contributed by atoms with Gasteiger partial charge in [0.1, 0.15) is 0 Å². The summed E-state index contributed by atoms with van der Waals surface area (Å²) >= 11 is 6.00. The molecule has 3 rings (SSSR count). The molecule has 4 nitrogen and oxygen atoms in total. The molecule has 0 atom stereocenters. The van der Waals surface area contributed by atoms with E-state index in [-0.39, 0.29) is 16.5 Å². The third-order valence-electron chi connectivity index (χ3n) is 3.63. The van der Waals surface area contributed by atoms with Gasteiger partial charge >= 0.3 is 0 Å². The van der Waals surface area contributed by atoms with E-state index in [0.29, 0.717) is 18.5 Å². The molecule has 0 unspecified atom stereocenters. The number of rotatable bonds is 3. The average molecular weight is 324 g/mol. The van der Waals surface area contributed by atoms with Crippen molar-refractivity contribution in [2.24, 2.45) is 0 Å². The van der Waals surface area contributed by atoms with Crippen molar-refractivity contribution in [1.82, 2.24) is 0 Å². The van der Waals surface area contributed by atoms with Crippen LogP contribution in [0.5, 0.6) is 0 Å². The Kier molecular flexibility index (Phi) is 3.65. The minimum Gasteiger partial charge on any atom is -0.392 e. The van der Waals surface area contributed by atoms with Crippen molar-refractivity contribution in [1.29, 1.82) is 0 Å². The fourth-order valence-corrected chi connectivity index (χ4v) is 4.34. The number of anilines is 1. The largest absolute Gasteiger partial charge is 0.392 e. The summed E-state index contributed by atoms with van der Waals surface area (Å²) in [5, 5.41) is 9.37. The molecular formula is C15H14ClNO3S. The number of hydrogen-bond donors (Lipinski definition) is 1. The van der Waals surface area contributed by atoms with Crippen LogP contribution in [0.2, 0.25) is 5.02 Å². The van der Waals surface area contributed by atoms with E-state index in [1.165, 1.54) is 22.5 Å². The molecule has 0 aromatic heterocycles. The molecule has 0 amide bonds. The lowest BCUT2D eigenvalue weighted by atomic mass is 10.2. The maximum atomic E-state index is 12.8. The third kappa shape index (κ3) is 2.41. The minimum absolute atomic E-state index is 0.140. The summed E-state index contributed by atoms with van der Waals surface area (Å²) in [5.41, 5.74) is 2.26. The number of nitrogens with zero attached hydrogens (tertiary/aromatic N) is 1. The normalized spacial score (nSPS) is 14.3. The van der Waals surface area contributed by atoms with Crippen LogP contribution in [-0.2, 0) is 23.1 Å². The quantitative estimate of drug-likeness (QED) is 0.944. The van der Waals surface area contributed by atoms with Gasteiger partial charge in [-0.15, -0.1) is 0 Å². The summed E-state index contributed by atoms with van der Waals surface area (Å²) < 4.78 is 26.9. The van der Waals surface area contributed by atoms with Crippen molar-refractivity contribution in [3.63, 3.8) is 0 Å². The minimum atomic E-state index is -3.63. The van der Waals surface area contributed by atoms with Crippen molar-refractivity contribution in [2.75, 3.05) is 10.8 Å². The Morgan fingerprint density at radius 2 is 1.95 bits per heavy atom. The predicted molar refractivity (Wildman–Crippen MR) is 82.1 cm³/mol. The number of aliphatic hydroxyl groups is 1. The molecule has 2 aromatic rings. The van der Waals surface area contributed by atoms with E-state index in [1.807, 2.05) is 24.3 Å². The first-order valence-corrected chi connectivity index (χ1v) is 8.36. The SMILES string of the molecule is O=S(=O)(c1ccc(CO)c(Cl)c1)N1CCc2ccccc21. The second-order valence-corrected chi connectivity index (χ2v) is 7.14. The molecule has 0 aliphatic carbocycles. The van der Waals surface area contributed by atoms with Gasteiger partial charge in [-0.2, -0.15) is 0 Å². The van der Waals surface area contributed by atoms with Crippen LogP contribution in [0.3, 0.4) is 0 Å². The first-order valence-electron chi connectivity index (χ1n) is 6.54. The molecule has 1 N–H and O–H groups in total. The zero-order valence-electron chi connectivity index (χ0n) is 11.2. The lowest BCUT2D eigenvalue weighted by Crippen LogP contribution is -2.29. The summed E-state index contributed by atoms with van der Waals surface area (Å²) in [6, 6.07) is 11.9. The van der Waals surface area contributed by atoms with Gasteiger partial charge in [0.2, 0.25) is 0 Å². The zero-order valence-corrected chi connectivity index (χ0v) is 12.7. The monoisotopic (exact) mass is 323 g/mol. The second-order valence-electron chi connectivity index (χ2n) is 4.87. The summed E-state index contributed by atoms with van der Waals surface area (Å²) in [5.74, 6) is 0. The molecule has 1 aliphatic rings. The Balaban J connectivity index is 2.04. The van der Waals surface area contributed by atoms with Gasteiger partial charge in [0.15, 0.2) is 0 Å². The second kappa shape index (κ2) is 5.33. The molecule has 21 heavy (non-hydrogen) atoms. The Hall–Kier alpha value is -1.56. The number of aliphatic hydroxyl groups excluding tert-OH is 1. The Morgan fingerprint density at radius 1 is 1.19 bits per heavy atom. The molecule has 0 radical (unpaired) electrons. The van der Waals surface area contributed by atoms with Crippen LogP contribution in [0.4, 0.5) is 5.69 Å². The Labute approximate surface area is 128 Å². The number of halogens is 1. The van der Waals surface area contributed by atoms with E-state index in [1.54, 1.807) is 0 Å². The van der Waals surface area contributed by atoms with Crippen molar-refractivity contribution < 1.29 is 13.5 Å². The highest BCUT2D eigenvalue weighted by Gasteiger charge is 2.30. The van der Waals surface area contributed by atoms with Crippen molar-refractivity contribution >= 4 is 27.3 Å². The van der Waals surface area contributed by atoms with Gasteiger partial charge in [-0.1, -0.05) is 35.9 Å². The van der Waals surface area contributed by atoms with E-state index in [4.69, 9.17) is 16.7 Å². The van der Waals surface area contributed by atoms with E-state index in [2.05, 4.69) is 0 Å². The smallest absolute Gasteiger partial charge is 0.264 e. The molecule has 1 heterocycles. The Morgan fingerprint density at radius 3 is 2.67 bits per heavy atom. The van der Waals surface area contributed by atoms with Crippen LogP contribution in [0.25, 0.3) is 0 Å². The first-order chi connectivity index (χ1) is 10.0. The lowest BCUT2D eigenvalue weighted by molar-refractivity contribution is 0.282. The average Bonchev–Trinajstić information content (AvgIpc) is 2.91. The molecule has 2 aromatic carbocycles. The molecule has 110 valence electrons. The Bertz CT molecular complexity index is 789. The third-order valence-corrected chi connectivity index (χ3v) is 5.79. The highest BCUT2D eigenvalue weighted by atomic mass is 35.5. The van der Waals surface area contributed by atoms with Crippen molar-refractivity contribution in [2.45, 2.75) is 17.9 Å². The maximum absolute atomic E-state index is 12.8. The van der Waals surface area contributed by atoms with E-state index in [9.17, 15) is 8.42 Å². The van der Waals surface area contributed by atoms with E-state index >= 15 is 0 Å². The fourth-order valence-electron chi connectivity index (χ4n) is 2.50. The number of hydrogen-bond acceptors (Lipinski definition) is 3. The van der Waals surface area contributed by atoms with Gasteiger partial charge < -0.3 is 5.11 Å². The van der Waals surface area contributed by atoms with Gasteiger partial charge in [-0.3, -0.25) is 4.31 Å². The maximum Gasteiger partial charge on any atom is 0.264 e. The van der Waals surface area contributed by atoms with Gasteiger partial charge in [-0.05, 0) is 35.7 Å². The van der Waals surface area contributed by atoms with Gasteiger partial charge in [0.05, 0.1) is 17.2 Å². The molecule has 0 fully saturated rings. The molecule has 0 saturated carbocycles.